The SMILES string of the molecule is C/C1=C/C(=O)N(O)CCCC(N)C(=O)COC/C(C)=C\C(=O)N(O)CCCC(N)C(=O)OCC/C(C)=C\C(=O)N(O)CCCC(N)C(=O)OCC1. The predicted octanol–water partition coefficient (Wildman–Crippen LogP) is 0.267. The van der Waals surface area contributed by atoms with Gasteiger partial charge in [-0.25, -0.2) is 15.2 Å². The molecule has 3 amide bonds. The molecule has 18 heteroatoms. The number of ether oxygens (including phenoxy) is 3. The van der Waals surface area contributed by atoms with Crippen LogP contribution in [0, 0.1) is 0 Å². The Hall–Kier alpha value is -4.04. The van der Waals surface area contributed by atoms with E-state index in [1.807, 2.05) is 0 Å². The number of nitrogens with zero attached hydrogens (tertiary/aromatic N) is 3. The molecule has 0 aliphatic carbocycles. The number of carbonyl (C=O) groups is 6. The van der Waals surface area contributed by atoms with Crippen LogP contribution in [0.4, 0.5) is 0 Å². The molecule has 0 spiro atoms. The lowest BCUT2D eigenvalue weighted by molar-refractivity contribution is -0.160. The number of Topliss-reactive ketones (excluding diaryl/α,β-unsaturated/α-hetero) is 1. The molecule has 9 N–H and O–H groups in total. The second-order valence-corrected chi connectivity index (χ2v) is 12.4. The lowest BCUT2D eigenvalue weighted by atomic mass is 10.1. The smallest absolute Gasteiger partial charge is 0.322 e. The number of cyclic esters (lactones) is 2. The van der Waals surface area contributed by atoms with Gasteiger partial charge in [-0.3, -0.25) is 44.4 Å². The summed E-state index contributed by atoms with van der Waals surface area (Å²) in [6, 6.07) is -2.95. The first-order valence-corrected chi connectivity index (χ1v) is 16.7. The summed E-state index contributed by atoms with van der Waals surface area (Å²) in [7, 11) is 0. The van der Waals surface area contributed by atoms with Gasteiger partial charge in [-0.15, -0.1) is 0 Å². The van der Waals surface area contributed by atoms with Gasteiger partial charge < -0.3 is 31.4 Å². The zero-order valence-corrected chi connectivity index (χ0v) is 29.7. The quantitative estimate of drug-likeness (QED) is 0.144. The van der Waals surface area contributed by atoms with E-state index in [0.29, 0.717) is 31.9 Å². The number of hydrogen-bond acceptors (Lipinski definition) is 15. The maximum absolute atomic E-state index is 12.4. The van der Waals surface area contributed by atoms with E-state index < -0.39 is 53.6 Å². The van der Waals surface area contributed by atoms with Crippen molar-refractivity contribution >= 4 is 35.4 Å². The average molecular weight is 727 g/mol. The van der Waals surface area contributed by atoms with Crippen LogP contribution in [-0.4, -0.2) is 130 Å². The standard InChI is InChI=1S/C33H54N6O12/c1-22-10-15-50-32(44)26(35)8-5-13-38(47)30(42)18-23(2)11-16-51-33(45)27(36)9-6-14-39(48)31(43)19-24(3)20-49-21-28(40)25(34)7-4-12-37(46)29(41)17-22/h17-19,25-27,46-48H,4-16,20-21,34-36H2,1-3H3/b22-17-,23-18-,24-19-. The molecule has 0 saturated carbocycles. The Morgan fingerprint density at radius 1 is 0.569 bits per heavy atom. The summed E-state index contributed by atoms with van der Waals surface area (Å²) in [5, 5.41) is 31.7. The topological polar surface area (TPSA) is 279 Å². The summed E-state index contributed by atoms with van der Waals surface area (Å²) in [6.45, 7) is 3.87. The van der Waals surface area contributed by atoms with Crippen LogP contribution in [0.2, 0.25) is 0 Å². The van der Waals surface area contributed by atoms with E-state index in [2.05, 4.69) is 0 Å². The van der Waals surface area contributed by atoms with Gasteiger partial charge in [0.25, 0.3) is 17.7 Å². The average Bonchev–Trinajstić information content (AvgIpc) is 3.06. The van der Waals surface area contributed by atoms with Crippen molar-refractivity contribution < 1.29 is 58.6 Å². The fourth-order valence-corrected chi connectivity index (χ4v) is 4.41. The number of esters is 2. The second-order valence-electron chi connectivity index (χ2n) is 12.4. The molecule has 1 aliphatic rings. The molecule has 0 radical (unpaired) electrons. The Balaban J connectivity index is 2.85. The third-order valence-electron chi connectivity index (χ3n) is 7.60. The van der Waals surface area contributed by atoms with E-state index in [4.69, 9.17) is 31.4 Å². The van der Waals surface area contributed by atoms with Gasteiger partial charge >= 0.3 is 11.9 Å². The van der Waals surface area contributed by atoms with Crippen molar-refractivity contribution in [2.24, 2.45) is 17.2 Å². The van der Waals surface area contributed by atoms with Crippen LogP contribution in [0.25, 0.3) is 0 Å². The lowest BCUT2D eigenvalue weighted by Gasteiger charge is -2.17. The highest BCUT2D eigenvalue weighted by Crippen LogP contribution is 2.08. The molecule has 0 aromatic rings. The number of rotatable bonds is 0. The molecule has 0 aromatic carbocycles. The van der Waals surface area contributed by atoms with Gasteiger partial charge in [-0.05, 0) is 64.9 Å². The first-order chi connectivity index (χ1) is 24.0. The summed E-state index contributed by atoms with van der Waals surface area (Å²) in [4.78, 5) is 73.8. The van der Waals surface area contributed by atoms with Crippen LogP contribution >= 0.6 is 0 Å². The van der Waals surface area contributed by atoms with Gasteiger partial charge in [0.2, 0.25) is 0 Å². The maximum Gasteiger partial charge on any atom is 0.322 e. The highest BCUT2D eigenvalue weighted by Gasteiger charge is 2.19. The van der Waals surface area contributed by atoms with Crippen LogP contribution in [0.5, 0.6) is 0 Å². The van der Waals surface area contributed by atoms with E-state index in [0.717, 1.165) is 6.08 Å². The molecule has 288 valence electrons. The molecule has 0 fully saturated rings. The minimum atomic E-state index is -1.02. The van der Waals surface area contributed by atoms with Crippen molar-refractivity contribution in [3.8, 4) is 0 Å². The van der Waals surface area contributed by atoms with Crippen molar-refractivity contribution in [1.29, 1.82) is 0 Å². The molecule has 0 saturated heterocycles. The molecular formula is C33H54N6O12. The monoisotopic (exact) mass is 726 g/mol. The van der Waals surface area contributed by atoms with E-state index in [-0.39, 0.29) is 97.4 Å². The summed E-state index contributed by atoms with van der Waals surface area (Å²) in [5.41, 5.74) is 19.1. The Morgan fingerprint density at radius 3 is 1.31 bits per heavy atom. The molecule has 1 heterocycles. The third-order valence-corrected chi connectivity index (χ3v) is 7.60. The van der Waals surface area contributed by atoms with Gasteiger partial charge in [-0.1, -0.05) is 11.1 Å². The van der Waals surface area contributed by atoms with Crippen LogP contribution in [0.15, 0.2) is 34.9 Å². The third kappa shape index (κ3) is 19.2. The molecule has 51 heavy (non-hydrogen) atoms. The maximum atomic E-state index is 12.4. The Morgan fingerprint density at radius 2 is 0.922 bits per heavy atom. The molecule has 0 aromatic heterocycles. The van der Waals surface area contributed by atoms with Crippen molar-refractivity contribution in [2.45, 2.75) is 90.3 Å². The Bertz CT molecular complexity index is 1130. The lowest BCUT2D eigenvalue weighted by Crippen LogP contribution is -2.35. The molecular weight excluding hydrogens is 672 g/mol. The fraction of sp³-hybridized carbons (Fsp3) is 0.636. The van der Waals surface area contributed by atoms with E-state index in [1.54, 1.807) is 20.8 Å². The fourth-order valence-electron chi connectivity index (χ4n) is 4.41. The number of amides is 3. The van der Waals surface area contributed by atoms with E-state index >= 15 is 0 Å². The van der Waals surface area contributed by atoms with Gasteiger partial charge in [0.05, 0.1) is 25.9 Å². The second kappa shape index (κ2) is 24.2. The molecule has 3 unspecified atom stereocenters. The minimum Gasteiger partial charge on any atom is -0.464 e. The van der Waals surface area contributed by atoms with E-state index in [9.17, 15) is 44.4 Å². The summed E-state index contributed by atoms with van der Waals surface area (Å²) >= 11 is 0. The van der Waals surface area contributed by atoms with Crippen molar-refractivity contribution in [3.05, 3.63) is 34.9 Å². The van der Waals surface area contributed by atoms with Crippen molar-refractivity contribution in [2.75, 3.05) is 46.1 Å². The number of carbonyl (C=O) groups excluding carboxylic acids is 6. The summed E-state index contributed by atoms with van der Waals surface area (Å²) in [6.07, 6.45) is 4.82. The minimum absolute atomic E-state index is 0.0754. The molecule has 1 aliphatic heterocycles. The van der Waals surface area contributed by atoms with E-state index in [1.165, 1.54) is 12.2 Å². The highest BCUT2D eigenvalue weighted by molar-refractivity contribution is 5.88. The van der Waals surface area contributed by atoms with Crippen molar-refractivity contribution in [1.82, 2.24) is 15.2 Å². The first-order valence-electron chi connectivity index (χ1n) is 16.7. The van der Waals surface area contributed by atoms with Crippen LogP contribution in [-0.2, 0) is 43.0 Å². The Kier molecular flexibility index (Phi) is 21.3. The molecule has 0 bridgehead atoms. The predicted molar refractivity (Wildman–Crippen MR) is 180 cm³/mol. The van der Waals surface area contributed by atoms with Gasteiger partial charge in [0.15, 0.2) is 5.78 Å². The van der Waals surface area contributed by atoms with Gasteiger partial charge in [0, 0.05) is 50.7 Å². The summed E-state index contributed by atoms with van der Waals surface area (Å²) in [5.74, 6) is -3.99. The molecule has 3 atom stereocenters. The zero-order valence-electron chi connectivity index (χ0n) is 29.7. The van der Waals surface area contributed by atoms with Crippen LogP contribution in [0.3, 0.4) is 0 Å². The molecule has 1 rings (SSSR count). The van der Waals surface area contributed by atoms with Gasteiger partial charge in [0.1, 0.15) is 18.7 Å². The Labute approximate surface area is 297 Å². The normalized spacial score (nSPS) is 27.7. The highest BCUT2D eigenvalue weighted by atomic mass is 16.5. The number of nitrogens with two attached hydrogens (primary N) is 3. The molecule has 18 nitrogen and oxygen atoms in total. The van der Waals surface area contributed by atoms with Gasteiger partial charge in [-0.2, -0.15) is 0 Å². The first kappa shape index (κ1) is 45.0. The van der Waals surface area contributed by atoms with Crippen LogP contribution in [0.1, 0.15) is 72.1 Å². The van der Waals surface area contributed by atoms with Crippen LogP contribution < -0.4 is 17.2 Å². The number of ketones is 1. The largest absolute Gasteiger partial charge is 0.464 e. The number of hydrogen-bond donors (Lipinski definition) is 6. The van der Waals surface area contributed by atoms with Crippen molar-refractivity contribution in [3.63, 3.8) is 0 Å². The zero-order chi connectivity index (χ0) is 38.5. The number of hydroxylamine groups is 6. The summed E-state index contributed by atoms with van der Waals surface area (Å²) < 4.78 is 15.7.